The Labute approximate surface area is 172 Å². The zero-order chi connectivity index (χ0) is 20.1. The van der Waals surface area contributed by atoms with Crippen LogP contribution in [0.4, 0.5) is 0 Å². The molecule has 1 aromatic carbocycles. The molecule has 28 heavy (non-hydrogen) atoms. The van der Waals surface area contributed by atoms with Crippen molar-refractivity contribution in [1.82, 2.24) is 20.1 Å². The molecule has 2 heterocycles. The van der Waals surface area contributed by atoms with Crippen LogP contribution in [0, 0.1) is 6.92 Å². The third kappa shape index (κ3) is 6.12. The molecule has 2 aromatic rings. The number of hydrogen-bond acceptors (Lipinski definition) is 5. The SMILES string of the molecule is Cc1ccc(CNC(=O)CN2CCN(Cc3nc(C(C)(C)C)cs3)CC2)cc1. The van der Waals surface area contributed by atoms with Crippen LogP contribution < -0.4 is 5.32 Å². The highest BCUT2D eigenvalue weighted by Crippen LogP contribution is 2.24. The van der Waals surface area contributed by atoms with Gasteiger partial charge in [-0.3, -0.25) is 14.6 Å². The molecular weight excluding hydrogens is 368 g/mol. The number of carbonyl (C=O) groups excluding carboxylic acids is 1. The largest absolute Gasteiger partial charge is 0.351 e. The van der Waals surface area contributed by atoms with E-state index in [0.29, 0.717) is 13.1 Å². The van der Waals surface area contributed by atoms with E-state index in [-0.39, 0.29) is 11.3 Å². The van der Waals surface area contributed by atoms with Gasteiger partial charge in [-0.1, -0.05) is 50.6 Å². The molecule has 6 heteroatoms. The summed E-state index contributed by atoms with van der Waals surface area (Å²) in [6.07, 6.45) is 0. The summed E-state index contributed by atoms with van der Waals surface area (Å²) in [5.41, 5.74) is 3.66. The standard InChI is InChI=1S/C22H32N4OS/c1-17-5-7-18(8-6-17)13-23-20(27)14-25-9-11-26(12-10-25)15-21-24-19(16-28-21)22(2,3)4/h5-8,16H,9-15H2,1-4H3,(H,23,27). The van der Waals surface area contributed by atoms with Crippen molar-refractivity contribution in [2.45, 2.75) is 46.2 Å². The van der Waals surface area contributed by atoms with Gasteiger partial charge >= 0.3 is 0 Å². The highest BCUT2D eigenvalue weighted by atomic mass is 32.1. The first kappa shape index (κ1) is 21.0. The molecule has 0 atom stereocenters. The smallest absolute Gasteiger partial charge is 0.234 e. The van der Waals surface area contributed by atoms with Crippen LogP contribution in [0.25, 0.3) is 0 Å². The van der Waals surface area contributed by atoms with Gasteiger partial charge in [-0.25, -0.2) is 4.98 Å². The highest BCUT2D eigenvalue weighted by Gasteiger charge is 2.21. The van der Waals surface area contributed by atoms with Crippen LogP contribution in [0.3, 0.4) is 0 Å². The second-order valence-corrected chi connectivity index (χ2v) is 9.63. The van der Waals surface area contributed by atoms with Gasteiger partial charge in [-0.2, -0.15) is 0 Å². The summed E-state index contributed by atoms with van der Waals surface area (Å²) >= 11 is 1.76. The second kappa shape index (κ2) is 9.16. The van der Waals surface area contributed by atoms with Crippen LogP contribution >= 0.6 is 11.3 Å². The van der Waals surface area contributed by atoms with Gasteiger partial charge in [0, 0.05) is 43.5 Å². The van der Waals surface area contributed by atoms with E-state index in [0.717, 1.165) is 38.3 Å². The lowest BCUT2D eigenvalue weighted by atomic mass is 9.93. The lowest BCUT2D eigenvalue weighted by Crippen LogP contribution is -2.49. The minimum Gasteiger partial charge on any atom is -0.351 e. The molecular formula is C22H32N4OS. The summed E-state index contributed by atoms with van der Waals surface area (Å²) in [6.45, 7) is 14.5. The maximum absolute atomic E-state index is 12.2. The average molecular weight is 401 g/mol. The quantitative estimate of drug-likeness (QED) is 0.809. The summed E-state index contributed by atoms with van der Waals surface area (Å²) in [5, 5.41) is 6.40. The number of hydrogen-bond donors (Lipinski definition) is 1. The minimum atomic E-state index is 0.101. The molecule has 1 amide bonds. The fourth-order valence-electron chi connectivity index (χ4n) is 3.19. The van der Waals surface area contributed by atoms with Gasteiger partial charge in [0.25, 0.3) is 0 Å². The maximum atomic E-state index is 12.2. The molecule has 0 saturated carbocycles. The number of piperazine rings is 1. The topological polar surface area (TPSA) is 48.5 Å². The fourth-order valence-corrected chi connectivity index (χ4v) is 4.25. The van der Waals surface area contributed by atoms with Gasteiger partial charge in [-0.05, 0) is 12.5 Å². The van der Waals surface area contributed by atoms with E-state index in [9.17, 15) is 4.79 Å². The first-order valence-corrected chi connectivity index (χ1v) is 10.9. The van der Waals surface area contributed by atoms with Gasteiger partial charge in [-0.15, -0.1) is 11.3 Å². The predicted octanol–water partition coefficient (Wildman–Crippen LogP) is 3.18. The van der Waals surface area contributed by atoms with Crippen LogP contribution in [-0.2, 0) is 23.3 Å². The maximum Gasteiger partial charge on any atom is 0.234 e. The highest BCUT2D eigenvalue weighted by molar-refractivity contribution is 7.09. The van der Waals surface area contributed by atoms with Crippen LogP contribution in [0.15, 0.2) is 29.6 Å². The van der Waals surface area contributed by atoms with E-state index in [1.54, 1.807) is 11.3 Å². The van der Waals surface area contributed by atoms with Crippen molar-refractivity contribution in [3.05, 3.63) is 51.5 Å². The molecule has 0 bridgehead atoms. The third-order valence-corrected chi connectivity index (χ3v) is 5.96. The van der Waals surface area contributed by atoms with Gasteiger partial charge in [0.1, 0.15) is 5.01 Å². The van der Waals surface area contributed by atoms with Crippen molar-refractivity contribution in [1.29, 1.82) is 0 Å². The normalized spacial score (nSPS) is 16.3. The lowest BCUT2D eigenvalue weighted by Gasteiger charge is -2.33. The first-order chi connectivity index (χ1) is 13.3. The number of nitrogens with zero attached hydrogens (tertiary/aromatic N) is 3. The number of thiazole rings is 1. The van der Waals surface area contributed by atoms with Crippen LogP contribution in [0.5, 0.6) is 0 Å². The number of rotatable bonds is 6. The number of aryl methyl sites for hydroxylation is 1. The van der Waals surface area contributed by atoms with E-state index in [2.05, 4.69) is 72.5 Å². The van der Waals surface area contributed by atoms with E-state index < -0.39 is 0 Å². The Morgan fingerprint density at radius 1 is 1.11 bits per heavy atom. The summed E-state index contributed by atoms with van der Waals surface area (Å²) in [6, 6.07) is 8.29. The molecule has 0 radical (unpaired) electrons. The van der Waals surface area contributed by atoms with Gasteiger partial charge in [0.2, 0.25) is 5.91 Å². The molecule has 1 aliphatic rings. The third-order valence-electron chi connectivity index (χ3n) is 5.12. The number of amides is 1. The fraction of sp³-hybridized carbons (Fsp3) is 0.545. The average Bonchev–Trinajstić information content (AvgIpc) is 3.12. The summed E-state index contributed by atoms with van der Waals surface area (Å²) in [4.78, 5) is 21.7. The van der Waals surface area contributed by atoms with Crippen LogP contribution in [0.1, 0.15) is 42.6 Å². The molecule has 0 aliphatic carbocycles. The second-order valence-electron chi connectivity index (χ2n) is 8.69. The van der Waals surface area contributed by atoms with Crippen LogP contribution in [0.2, 0.25) is 0 Å². The zero-order valence-corrected chi connectivity index (χ0v) is 18.3. The molecule has 152 valence electrons. The number of benzene rings is 1. The molecule has 1 N–H and O–H groups in total. The van der Waals surface area contributed by atoms with Gasteiger partial charge < -0.3 is 5.32 Å². The summed E-state index contributed by atoms with van der Waals surface area (Å²) in [5.74, 6) is 0.101. The molecule has 5 nitrogen and oxygen atoms in total. The van der Waals surface area contributed by atoms with Crippen molar-refractivity contribution in [2.24, 2.45) is 0 Å². The van der Waals surface area contributed by atoms with Crippen molar-refractivity contribution < 1.29 is 4.79 Å². The Bertz CT molecular complexity index is 771. The van der Waals surface area contributed by atoms with E-state index in [4.69, 9.17) is 4.98 Å². The summed E-state index contributed by atoms with van der Waals surface area (Å²) in [7, 11) is 0. The predicted molar refractivity (Wildman–Crippen MR) is 116 cm³/mol. The Hall–Kier alpha value is -1.76. The molecule has 0 unspecified atom stereocenters. The van der Waals surface area contributed by atoms with E-state index in [1.807, 2.05) is 0 Å². The van der Waals surface area contributed by atoms with Gasteiger partial charge in [0.05, 0.1) is 18.8 Å². The van der Waals surface area contributed by atoms with E-state index >= 15 is 0 Å². The molecule has 3 rings (SSSR count). The lowest BCUT2D eigenvalue weighted by molar-refractivity contribution is -0.122. The van der Waals surface area contributed by atoms with Crippen LogP contribution in [-0.4, -0.2) is 53.4 Å². The minimum absolute atomic E-state index is 0.101. The number of nitrogens with one attached hydrogen (secondary N) is 1. The Balaban J connectivity index is 1.38. The van der Waals surface area contributed by atoms with Gasteiger partial charge in [0.15, 0.2) is 0 Å². The molecule has 1 saturated heterocycles. The molecule has 0 spiro atoms. The molecule has 1 aliphatic heterocycles. The van der Waals surface area contributed by atoms with E-state index in [1.165, 1.54) is 16.3 Å². The zero-order valence-electron chi connectivity index (χ0n) is 17.5. The number of aromatic nitrogens is 1. The molecule has 1 fully saturated rings. The van der Waals surface area contributed by atoms with Crippen molar-refractivity contribution >= 4 is 17.2 Å². The first-order valence-electron chi connectivity index (χ1n) is 10.0. The Morgan fingerprint density at radius 3 is 2.36 bits per heavy atom. The van der Waals surface area contributed by atoms with Crippen molar-refractivity contribution in [2.75, 3.05) is 32.7 Å². The Kier molecular flexibility index (Phi) is 6.86. The monoisotopic (exact) mass is 400 g/mol. The Morgan fingerprint density at radius 2 is 1.75 bits per heavy atom. The molecule has 1 aromatic heterocycles. The van der Waals surface area contributed by atoms with Crippen molar-refractivity contribution in [3.63, 3.8) is 0 Å². The number of carbonyl (C=O) groups is 1. The van der Waals surface area contributed by atoms with Crippen molar-refractivity contribution in [3.8, 4) is 0 Å². The summed E-state index contributed by atoms with van der Waals surface area (Å²) < 4.78 is 0.